The number of hydrogen-bond donors (Lipinski definition) is 0. The lowest BCUT2D eigenvalue weighted by Crippen LogP contribution is -1.86. The Morgan fingerprint density at radius 1 is 0.824 bits per heavy atom. The zero-order valence-corrected chi connectivity index (χ0v) is 9.11. The van der Waals surface area contributed by atoms with Crippen LogP contribution < -0.4 is 0 Å². The summed E-state index contributed by atoms with van der Waals surface area (Å²) >= 11 is 0. The van der Waals surface area contributed by atoms with E-state index in [1.165, 1.54) is 12.1 Å². The van der Waals surface area contributed by atoms with Gasteiger partial charge in [0.25, 0.3) is 5.69 Å². The molecule has 0 spiro atoms. The van der Waals surface area contributed by atoms with Crippen LogP contribution in [0.4, 0.5) is 5.69 Å². The Labute approximate surface area is 99.2 Å². The van der Waals surface area contributed by atoms with Crippen molar-refractivity contribution in [2.24, 2.45) is 0 Å². The average molecular weight is 225 g/mol. The fraction of sp³-hybridized carbons (Fsp3) is 0. The standard InChI is InChI=1S/C14H11NO2/c16-15(17)14-10-8-13(9-11-14)7-6-12-4-2-1-3-5-12/h1-11H. The molecule has 2 rings (SSSR count). The van der Waals surface area contributed by atoms with Gasteiger partial charge in [-0.1, -0.05) is 42.5 Å². The first-order valence-electron chi connectivity index (χ1n) is 5.23. The van der Waals surface area contributed by atoms with E-state index in [2.05, 4.69) is 0 Å². The SMILES string of the molecule is O=[N+]([O-])c1ccc(C=Cc2ccccc2)cc1. The van der Waals surface area contributed by atoms with E-state index in [1.54, 1.807) is 12.1 Å². The van der Waals surface area contributed by atoms with Crippen LogP contribution in [0.15, 0.2) is 54.6 Å². The van der Waals surface area contributed by atoms with Crippen molar-refractivity contribution in [3.63, 3.8) is 0 Å². The first-order valence-corrected chi connectivity index (χ1v) is 5.23. The van der Waals surface area contributed by atoms with Gasteiger partial charge in [0.05, 0.1) is 4.92 Å². The number of nitro benzene ring substituents is 1. The smallest absolute Gasteiger partial charge is 0.258 e. The van der Waals surface area contributed by atoms with Crippen molar-refractivity contribution < 1.29 is 4.92 Å². The molecule has 0 N–H and O–H groups in total. The molecule has 0 aliphatic carbocycles. The molecule has 3 nitrogen and oxygen atoms in total. The lowest BCUT2D eigenvalue weighted by Gasteiger charge is -1.94. The lowest BCUT2D eigenvalue weighted by atomic mass is 10.1. The monoisotopic (exact) mass is 225 g/mol. The Hall–Kier alpha value is -2.42. The van der Waals surface area contributed by atoms with Gasteiger partial charge in [-0.15, -0.1) is 0 Å². The van der Waals surface area contributed by atoms with Crippen molar-refractivity contribution in [2.75, 3.05) is 0 Å². The van der Waals surface area contributed by atoms with Crippen LogP contribution >= 0.6 is 0 Å². The van der Waals surface area contributed by atoms with Gasteiger partial charge in [-0.05, 0) is 23.3 Å². The fourth-order valence-corrected chi connectivity index (χ4v) is 1.46. The molecule has 0 saturated carbocycles. The van der Waals surface area contributed by atoms with Crippen LogP contribution in [0.5, 0.6) is 0 Å². The highest BCUT2D eigenvalue weighted by Crippen LogP contribution is 2.14. The summed E-state index contributed by atoms with van der Waals surface area (Å²) in [7, 11) is 0. The third-order valence-electron chi connectivity index (χ3n) is 2.37. The number of rotatable bonds is 3. The van der Waals surface area contributed by atoms with Crippen LogP contribution in [-0.2, 0) is 0 Å². The van der Waals surface area contributed by atoms with E-state index in [0.717, 1.165) is 11.1 Å². The molecule has 0 unspecified atom stereocenters. The maximum Gasteiger partial charge on any atom is 0.269 e. The van der Waals surface area contributed by atoms with Gasteiger partial charge in [0.2, 0.25) is 0 Å². The second kappa shape index (κ2) is 5.07. The molecule has 0 bridgehead atoms. The Balaban J connectivity index is 2.14. The van der Waals surface area contributed by atoms with E-state index in [4.69, 9.17) is 0 Å². The number of nitro groups is 1. The molecule has 0 heterocycles. The summed E-state index contributed by atoms with van der Waals surface area (Å²) in [6, 6.07) is 16.4. The predicted molar refractivity (Wildman–Crippen MR) is 68.5 cm³/mol. The van der Waals surface area contributed by atoms with E-state index < -0.39 is 4.92 Å². The minimum absolute atomic E-state index is 0.113. The third-order valence-corrected chi connectivity index (χ3v) is 2.37. The van der Waals surface area contributed by atoms with Crippen LogP contribution in [0.3, 0.4) is 0 Å². The number of nitrogens with zero attached hydrogens (tertiary/aromatic N) is 1. The van der Waals surface area contributed by atoms with Gasteiger partial charge < -0.3 is 0 Å². The van der Waals surface area contributed by atoms with Crippen molar-refractivity contribution in [1.82, 2.24) is 0 Å². The molecule has 0 aliphatic heterocycles. The van der Waals surface area contributed by atoms with Crippen molar-refractivity contribution in [3.8, 4) is 0 Å². The molecule has 3 heteroatoms. The third kappa shape index (κ3) is 3.01. The molecule has 0 aliphatic rings. The topological polar surface area (TPSA) is 43.1 Å². The quantitative estimate of drug-likeness (QED) is 0.453. The maximum absolute atomic E-state index is 10.5. The molecule has 0 amide bonds. The van der Waals surface area contributed by atoms with Crippen molar-refractivity contribution in [2.45, 2.75) is 0 Å². The van der Waals surface area contributed by atoms with Crippen molar-refractivity contribution >= 4 is 17.8 Å². The van der Waals surface area contributed by atoms with E-state index in [-0.39, 0.29) is 5.69 Å². The van der Waals surface area contributed by atoms with Gasteiger partial charge in [-0.2, -0.15) is 0 Å². The molecular formula is C14H11NO2. The summed E-state index contributed by atoms with van der Waals surface area (Å²) in [6.07, 6.45) is 3.90. The Morgan fingerprint density at radius 3 is 1.88 bits per heavy atom. The van der Waals surface area contributed by atoms with Crippen LogP contribution in [-0.4, -0.2) is 4.92 Å². The molecule has 0 aromatic heterocycles. The molecule has 0 saturated heterocycles. The number of non-ortho nitro benzene ring substituents is 1. The van der Waals surface area contributed by atoms with E-state index >= 15 is 0 Å². The van der Waals surface area contributed by atoms with Gasteiger partial charge in [0, 0.05) is 12.1 Å². The van der Waals surface area contributed by atoms with E-state index in [9.17, 15) is 10.1 Å². The molecule has 2 aromatic carbocycles. The summed E-state index contributed by atoms with van der Waals surface area (Å²) in [6.45, 7) is 0. The van der Waals surface area contributed by atoms with Gasteiger partial charge in [-0.3, -0.25) is 10.1 Å². The van der Waals surface area contributed by atoms with Crippen LogP contribution in [0.25, 0.3) is 12.2 Å². The molecule has 0 atom stereocenters. The summed E-state index contributed by atoms with van der Waals surface area (Å²) in [5.74, 6) is 0. The second-order valence-corrected chi connectivity index (χ2v) is 3.59. The average Bonchev–Trinajstić information content (AvgIpc) is 2.38. The molecule has 17 heavy (non-hydrogen) atoms. The zero-order valence-electron chi connectivity index (χ0n) is 9.11. The lowest BCUT2D eigenvalue weighted by molar-refractivity contribution is -0.384. The minimum atomic E-state index is -0.398. The first kappa shape index (κ1) is 11.1. The minimum Gasteiger partial charge on any atom is -0.258 e. The first-order chi connectivity index (χ1) is 8.25. The zero-order chi connectivity index (χ0) is 12.1. The molecule has 0 radical (unpaired) electrons. The summed E-state index contributed by atoms with van der Waals surface area (Å²) in [5.41, 5.74) is 2.16. The van der Waals surface area contributed by atoms with E-state index in [1.807, 2.05) is 42.5 Å². The molecular weight excluding hydrogens is 214 g/mol. The van der Waals surface area contributed by atoms with Crippen LogP contribution in [0.1, 0.15) is 11.1 Å². The van der Waals surface area contributed by atoms with Crippen LogP contribution in [0, 0.1) is 10.1 Å². The normalized spacial score (nSPS) is 10.6. The Bertz CT molecular complexity index is 530. The molecule has 0 fully saturated rings. The van der Waals surface area contributed by atoms with Crippen molar-refractivity contribution in [1.29, 1.82) is 0 Å². The highest BCUT2D eigenvalue weighted by Gasteiger charge is 2.01. The van der Waals surface area contributed by atoms with Gasteiger partial charge in [0.15, 0.2) is 0 Å². The number of benzene rings is 2. The molecule has 2 aromatic rings. The highest BCUT2D eigenvalue weighted by molar-refractivity contribution is 5.69. The predicted octanol–water partition coefficient (Wildman–Crippen LogP) is 3.77. The number of hydrogen-bond acceptors (Lipinski definition) is 2. The van der Waals surface area contributed by atoms with Gasteiger partial charge in [-0.25, -0.2) is 0 Å². The Kier molecular flexibility index (Phi) is 3.31. The maximum atomic E-state index is 10.5. The van der Waals surface area contributed by atoms with E-state index in [0.29, 0.717) is 0 Å². The van der Waals surface area contributed by atoms with Gasteiger partial charge in [0.1, 0.15) is 0 Å². The molecule has 84 valence electrons. The van der Waals surface area contributed by atoms with Crippen molar-refractivity contribution in [3.05, 3.63) is 75.8 Å². The fourth-order valence-electron chi connectivity index (χ4n) is 1.46. The summed E-state index contributed by atoms with van der Waals surface area (Å²) in [5, 5.41) is 10.5. The summed E-state index contributed by atoms with van der Waals surface area (Å²) in [4.78, 5) is 10.1. The van der Waals surface area contributed by atoms with Crippen LogP contribution in [0.2, 0.25) is 0 Å². The highest BCUT2D eigenvalue weighted by atomic mass is 16.6. The summed E-state index contributed by atoms with van der Waals surface area (Å²) < 4.78 is 0. The second-order valence-electron chi connectivity index (χ2n) is 3.59. The Morgan fingerprint density at radius 2 is 1.35 bits per heavy atom. The van der Waals surface area contributed by atoms with Gasteiger partial charge >= 0.3 is 0 Å². The largest absolute Gasteiger partial charge is 0.269 e.